The highest BCUT2D eigenvalue weighted by atomic mass is 16.4. The van der Waals surface area contributed by atoms with Gasteiger partial charge in [0.25, 0.3) is 0 Å². The Morgan fingerprint density at radius 3 is 2.91 bits per heavy atom. The number of likely N-dealkylation sites (tertiary alicyclic amines) is 1. The Balaban J connectivity index is 1.67. The van der Waals surface area contributed by atoms with Crippen LogP contribution in [0.4, 0.5) is 4.79 Å². The maximum atomic E-state index is 12.0. The summed E-state index contributed by atoms with van der Waals surface area (Å²) in [7, 11) is 0. The van der Waals surface area contributed by atoms with Gasteiger partial charge in [0.2, 0.25) is 0 Å². The highest BCUT2D eigenvalue weighted by Crippen LogP contribution is 2.18. The van der Waals surface area contributed by atoms with E-state index in [2.05, 4.69) is 22.1 Å². The van der Waals surface area contributed by atoms with Gasteiger partial charge in [-0.2, -0.15) is 0 Å². The topological polar surface area (TPSA) is 77.7 Å². The molecule has 2 unspecified atom stereocenters. The van der Waals surface area contributed by atoms with E-state index in [-0.39, 0.29) is 18.1 Å². The number of hydrogen-bond donors (Lipinski definition) is 3. The van der Waals surface area contributed by atoms with Crippen molar-refractivity contribution < 1.29 is 14.3 Å². The second-order valence-electron chi connectivity index (χ2n) is 6.15. The van der Waals surface area contributed by atoms with Crippen molar-refractivity contribution >= 4 is 6.03 Å². The lowest BCUT2D eigenvalue weighted by Gasteiger charge is -2.31. The quantitative estimate of drug-likeness (QED) is 0.672. The summed E-state index contributed by atoms with van der Waals surface area (Å²) in [6, 6.07) is 3.36. The molecule has 128 valence electrons. The van der Waals surface area contributed by atoms with Crippen molar-refractivity contribution in [3.05, 3.63) is 36.8 Å². The van der Waals surface area contributed by atoms with Crippen LogP contribution in [-0.4, -0.2) is 47.8 Å². The van der Waals surface area contributed by atoms with E-state index in [1.807, 2.05) is 13.0 Å². The van der Waals surface area contributed by atoms with Crippen LogP contribution in [0.15, 0.2) is 35.5 Å². The lowest BCUT2D eigenvalue weighted by molar-refractivity contribution is 0.129. The number of hydrogen-bond acceptors (Lipinski definition) is 4. The van der Waals surface area contributed by atoms with Crippen LogP contribution in [0.25, 0.3) is 0 Å². The fourth-order valence-corrected chi connectivity index (χ4v) is 2.88. The Morgan fingerprint density at radius 1 is 1.57 bits per heavy atom. The van der Waals surface area contributed by atoms with Crippen molar-refractivity contribution in [1.29, 1.82) is 0 Å². The van der Waals surface area contributed by atoms with Crippen LogP contribution in [0.1, 0.15) is 38.1 Å². The van der Waals surface area contributed by atoms with Crippen molar-refractivity contribution in [1.82, 2.24) is 15.5 Å². The molecule has 6 nitrogen and oxygen atoms in total. The molecule has 1 aromatic heterocycles. The monoisotopic (exact) mass is 321 g/mol. The molecule has 23 heavy (non-hydrogen) atoms. The SMILES string of the molecule is C=CCN1CCC(NC(=O)NC(C)CC(O)c2ccco2)CC1. The summed E-state index contributed by atoms with van der Waals surface area (Å²) in [4.78, 5) is 14.4. The predicted octanol–water partition coefficient (Wildman–Crippen LogP) is 2.04. The van der Waals surface area contributed by atoms with Crippen molar-refractivity contribution in [2.75, 3.05) is 19.6 Å². The van der Waals surface area contributed by atoms with E-state index in [0.29, 0.717) is 12.2 Å². The number of furan rings is 1. The number of nitrogens with zero attached hydrogens (tertiary/aromatic N) is 1. The molecule has 2 rings (SSSR count). The Bertz CT molecular complexity index is 481. The number of carbonyl (C=O) groups is 1. The number of piperidine rings is 1. The zero-order valence-electron chi connectivity index (χ0n) is 13.7. The minimum atomic E-state index is -0.706. The average Bonchev–Trinajstić information content (AvgIpc) is 3.03. The molecular formula is C17H27N3O3. The van der Waals surface area contributed by atoms with Gasteiger partial charge in [-0.3, -0.25) is 4.90 Å². The molecule has 6 heteroatoms. The van der Waals surface area contributed by atoms with Crippen molar-refractivity contribution in [3.8, 4) is 0 Å². The molecule has 1 aromatic rings. The minimum absolute atomic E-state index is 0.143. The summed E-state index contributed by atoms with van der Waals surface area (Å²) in [6.45, 7) is 8.48. The number of aliphatic hydroxyl groups is 1. The molecule has 1 fully saturated rings. The molecule has 2 atom stereocenters. The van der Waals surface area contributed by atoms with E-state index >= 15 is 0 Å². The van der Waals surface area contributed by atoms with E-state index in [4.69, 9.17) is 4.42 Å². The Hall–Kier alpha value is -1.79. The van der Waals surface area contributed by atoms with Crippen LogP contribution in [0, 0.1) is 0 Å². The zero-order chi connectivity index (χ0) is 16.7. The lowest BCUT2D eigenvalue weighted by Crippen LogP contribution is -2.49. The summed E-state index contributed by atoms with van der Waals surface area (Å²) in [6.07, 6.45) is 5.05. The molecule has 3 N–H and O–H groups in total. The molecule has 0 radical (unpaired) electrons. The molecule has 1 saturated heterocycles. The molecule has 1 aliphatic rings. The first-order valence-corrected chi connectivity index (χ1v) is 8.20. The summed E-state index contributed by atoms with van der Waals surface area (Å²) < 4.78 is 5.16. The highest BCUT2D eigenvalue weighted by Gasteiger charge is 2.21. The molecule has 2 heterocycles. The number of amides is 2. The smallest absolute Gasteiger partial charge is 0.315 e. The van der Waals surface area contributed by atoms with Crippen LogP contribution in [0.2, 0.25) is 0 Å². The van der Waals surface area contributed by atoms with Gasteiger partial charge in [-0.25, -0.2) is 4.79 Å². The first-order chi connectivity index (χ1) is 11.1. The van der Waals surface area contributed by atoms with Gasteiger partial charge >= 0.3 is 6.03 Å². The van der Waals surface area contributed by atoms with Crippen LogP contribution in [0.5, 0.6) is 0 Å². The largest absolute Gasteiger partial charge is 0.467 e. The second-order valence-corrected chi connectivity index (χ2v) is 6.15. The van der Waals surface area contributed by atoms with Crippen LogP contribution >= 0.6 is 0 Å². The third-order valence-corrected chi connectivity index (χ3v) is 4.14. The van der Waals surface area contributed by atoms with Crippen molar-refractivity contribution in [3.63, 3.8) is 0 Å². The number of rotatable bonds is 7. The van der Waals surface area contributed by atoms with Crippen LogP contribution < -0.4 is 10.6 Å². The van der Waals surface area contributed by atoms with Gasteiger partial charge in [0.15, 0.2) is 0 Å². The Labute approximate surface area is 137 Å². The first kappa shape index (κ1) is 17.6. The van der Waals surface area contributed by atoms with E-state index in [1.165, 1.54) is 6.26 Å². The predicted molar refractivity (Wildman–Crippen MR) is 89.1 cm³/mol. The molecule has 0 aromatic carbocycles. The van der Waals surface area contributed by atoms with Crippen LogP contribution in [0.3, 0.4) is 0 Å². The zero-order valence-corrected chi connectivity index (χ0v) is 13.7. The van der Waals surface area contributed by atoms with Gasteiger partial charge in [-0.1, -0.05) is 6.08 Å². The standard InChI is InChI=1S/C17H27N3O3/c1-3-8-20-9-6-14(7-10-20)19-17(22)18-13(2)12-15(21)16-5-4-11-23-16/h3-5,11,13-15,21H,1,6-10,12H2,2H3,(H2,18,19,22). The molecule has 2 amide bonds. The molecule has 0 aliphatic carbocycles. The van der Waals surface area contributed by atoms with Crippen molar-refractivity contribution in [2.24, 2.45) is 0 Å². The number of nitrogens with one attached hydrogen (secondary N) is 2. The summed E-state index contributed by atoms with van der Waals surface area (Å²) >= 11 is 0. The summed E-state index contributed by atoms with van der Waals surface area (Å²) in [5.41, 5.74) is 0. The van der Waals surface area contributed by atoms with Gasteiger partial charge < -0.3 is 20.2 Å². The van der Waals surface area contributed by atoms with E-state index in [9.17, 15) is 9.90 Å². The van der Waals surface area contributed by atoms with Gasteiger partial charge in [-0.15, -0.1) is 6.58 Å². The summed E-state index contributed by atoms with van der Waals surface area (Å²) in [5, 5.41) is 15.9. The third kappa shape index (κ3) is 5.73. The molecule has 0 spiro atoms. The van der Waals surface area contributed by atoms with Crippen molar-refractivity contribution in [2.45, 2.75) is 44.4 Å². The third-order valence-electron chi connectivity index (χ3n) is 4.14. The fraction of sp³-hybridized carbons (Fsp3) is 0.588. The maximum Gasteiger partial charge on any atom is 0.315 e. The Morgan fingerprint density at radius 2 is 2.30 bits per heavy atom. The van der Waals surface area contributed by atoms with Crippen LogP contribution in [-0.2, 0) is 0 Å². The number of aliphatic hydroxyl groups excluding tert-OH is 1. The molecular weight excluding hydrogens is 294 g/mol. The van der Waals surface area contributed by atoms with E-state index in [1.54, 1.807) is 12.1 Å². The fourth-order valence-electron chi connectivity index (χ4n) is 2.88. The highest BCUT2D eigenvalue weighted by molar-refractivity contribution is 5.74. The average molecular weight is 321 g/mol. The van der Waals surface area contributed by atoms with E-state index in [0.717, 1.165) is 32.5 Å². The maximum absolute atomic E-state index is 12.0. The normalized spacial score (nSPS) is 19.0. The summed E-state index contributed by atoms with van der Waals surface area (Å²) in [5.74, 6) is 0.522. The van der Waals surface area contributed by atoms with Gasteiger partial charge in [0.05, 0.1) is 6.26 Å². The molecule has 0 saturated carbocycles. The lowest BCUT2D eigenvalue weighted by atomic mass is 10.1. The van der Waals surface area contributed by atoms with E-state index < -0.39 is 6.10 Å². The Kier molecular flexibility index (Phi) is 6.67. The molecule has 1 aliphatic heterocycles. The minimum Gasteiger partial charge on any atom is -0.467 e. The first-order valence-electron chi connectivity index (χ1n) is 8.20. The number of urea groups is 1. The second kappa shape index (κ2) is 8.74. The van der Waals surface area contributed by atoms with Gasteiger partial charge in [0.1, 0.15) is 11.9 Å². The molecule has 0 bridgehead atoms. The number of carbonyl (C=O) groups excluding carboxylic acids is 1. The van der Waals surface area contributed by atoms with Gasteiger partial charge in [-0.05, 0) is 31.9 Å². The van der Waals surface area contributed by atoms with Gasteiger partial charge in [0, 0.05) is 38.1 Å².